The van der Waals surface area contributed by atoms with Crippen LogP contribution >= 0.6 is 0 Å². The third-order valence-electron chi connectivity index (χ3n) is 3.32. The van der Waals surface area contributed by atoms with Gasteiger partial charge in [0.2, 0.25) is 0 Å². The van der Waals surface area contributed by atoms with Crippen molar-refractivity contribution in [3.8, 4) is 17.0 Å². The molecule has 0 aliphatic carbocycles. The van der Waals surface area contributed by atoms with Crippen LogP contribution in [0.15, 0.2) is 79.8 Å². The van der Waals surface area contributed by atoms with E-state index in [1.807, 2.05) is 42.5 Å². The van der Waals surface area contributed by atoms with E-state index >= 15 is 0 Å². The lowest BCUT2D eigenvalue weighted by Gasteiger charge is -2.09. The summed E-state index contributed by atoms with van der Waals surface area (Å²) in [4.78, 5) is 20.6. The molecule has 1 heterocycles. The number of hydrogen-bond acceptors (Lipinski definition) is 4. The third kappa shape index (κ3) is 3.47. The van der Waals surface area contributed by atoms with E-state index in [0.29, 0.717) is 22.8 Å². The van der Waals surface area contributed by atoms with Crippen molar-refractivity contribution in [2.45, 2.75) is 0 Å². The molecule has 0 aliphatic rings. The number of carbonyl (C=O) groups is 1. The minimum atomic E-state index is -0.226. The Labute approximate surface area is 139 Å². The van der Waals surface area contributed by atoms with Crippen molar-refractivity contribution in [2.24, 2.45) is 0 Å². The van der Waals surface area contributed by atoms with Crippen molar-refractivity contribution < 1.29 is 9.53 Å². The molecule has 0 saturated carbocycles. The molecule has 5 nitrogen and oxygen atoms in total. The van der Waals surface area contributed by atoms with Gasteiger partial charge in [0.25, 0.3) is 5.91 Å². The van der Waals surface area contributed by atoms with Crippen molar-refractivity contribution in [1.82, 2.24) is 9.97 Å². The van der Waals surface area contributed by atoms with E-state index in [0.717, 1.165) is 5.56 Å². The Morgan fingerprint density at radius 1 is 1.04 bits per heavy atom. The second-order valence-corrected chi connectivity index (χ2v) is 4.89. The zero-order valence-electron chi connectivity index (χ0n) is 12.8. The highest BCUT2D eigenvalue weighted by molar-refractivity contribution is 6.03. The monoisotopic (exact) mass is 317 g/mol. The van der Waals surface area contributed by atoms with Crippen molar-refractivity contribution in [3.63, 3.8) is 0 Å². The molecule has 2 aromatic carbocycles. The second-order valence-electron chi connectivity index (χ2n) is 4.89. The highest BCUT2D eigenvalue weighted by atomic mass is 16.5. The molecule has 0 bridgehead atoms. The molecule has 118 valence electrons. The van der Waals surface area contributed by atoms with Crippen LogP contribution in [-0.4, -0.2) is 15.9 Å². The predicted molar refractivity (Wildman–Crippen MR) is 92.7 cm³/mol. The average molecular weight is 317 g/mol. The molecule has 3 rings (SSSR count). The minimum absolute atomic E-state index is 0.226. The van der Waals surface area contributed by atoms with Gasteiger partial charge in [-0.05, 0) is 24.3 Å². The number of ether oxygens (including phenoxy) is 1. The number of amides is 1. The van der Waals surface area contributed by atoms with Crippen LogP contribution in [0.5, 0.6) is 5.75 Å². The zero-order chi connectivity index (χ0) is 16.8. The summed E-state index contributed by atoms with van der Waals surface area (Å²) in [6.45, 7) is 3.57. The van der Waals surface area contributed by atoms with Crippen molar-refractivity contribution in [1.29, 1.82) is 0 Å². The summed E-state index contributed by atoms with van der Waals surface area (Å²) < 4.78 is 5.40. The number of para-hydroxylation sites is 1. The second kappa shape index (κ2) is 7.19. The van der Waals surface area contributed by atoms with Gasteiger partial charge in [-0.15, -0.1) is 0 Å². The molecule has 3 aromatic rings. The van der Waals surface area contributed by atoms with Crippen LogP contribution in [-0.2, 0) is 0 Å². The molecule has 0 unspecified atom stereocenters. The van der Waals surface area contributed by atoms with Crippen molar-refractivity contribution >= 4 is 11.7 Å². The first-order chi connectivity index (χ1) is 11.8. The maximum Gasteiger partial charge on any atom is 0.256 e. The van der Waals surface area contributed by atoms with Gasteiger partial charge in [-0.25, -0.2) is 9.97 Å². The van der Waals surface area contributed by atoms with E-state index in [1.54, 1.807) is 18.2 Å². The number of carbonyl (C=O) groups excluding carboxylic acids is 1. The first-order valence-corrected chi connectivity index (χ1v) is 7.33. The highest BCUT2D eigenvalue weighted by Gasteiger charge is 2.10. The maximum absolute atomic E-state index is 12.2. The molecule has 0 radical (unpaired) electrons. The summed E-state index contributed by atoms with van der Waals surface area (Å²) in [6, 6.07) is 18.1. The van der Waals surface area contributed by atoms with Gasteiger partial charge in [0.1, 0.15) is 17.9 Å². The molecular weight excluding hydrogens is 302 g/mol. The first-order valence-electron chi connectivity index (χ1n) is 7.33. The molecule has 0 spiro atoms. The summed E-state index contributed by atoms with van der Waals surface area (Å²) in [5, 5.41) is 2.77. The Morgan fingerprint density at radius 2 is 1.79 bits per heavy atom. The molecule has 24 heavy (non-hydrogen) atoms. The Bertz CT molecular complexity index is 863. The van der Waals surface area contributed by atoms with Crippen LogP contribution in [0.4, 0.5) is 5.82 Å². The van der Waals surface area contributed by atoms with Crippen LogP contribution in [0, 0.1) is 0 Å². The smallest absolute Gasteiger partial charge is 0.256 e. The lowest BCUT2D eigenvalue weighted by molar-refractivity contribution is 0.102. The molecule has 0 aliphatic heterocycles. The van der Waals surface area contributed by atoms with Gasteiger partial charge < -0.3 is 10.1 Å². The minimum Gasteiger partial charge on any atom is -0.465 e. The van der Waals surface area contributed by atoms with Gasteiger partial charge in [-0.2, -0.15) is 0 Å². The van der Waals surface area contributed by atoms with E-state index in [2.05, 4.69) is 21.9 Å². The van der Waals surface area contributed by atoms with Gasteiger partial charge in [0, 0.05) is 17.2 Å². The van der Waals surface area contributed by atoms with Gasteiger partial charge >= 0.3 is 0 Å². The van der Waals surface area contributed by atoms with Gasteiger partial charge in [-0.1, -0.05) is 36.9 Å². The number of aromatic nitrogens is 2. The molecule has 0 fully saturated rings. The van der Waals surface area contributed by atoms with Crippen LogP contribution in [0.2, 0.25) is 0 Å². The van der Waals surface area contributed by atoms with E-state index in [9.17, 15) is 4.79 Å². The summed E-state index contributed by atoms with van der Waals surface area (Å²) in [7, 11) is 0. The fraction of sp³-hybridized carbons (Fsp3) is 0. The van der Waals surface area contributed by atoms with E-state index < -0.39 is 0 Å². The molecule has 5 heteroatoms. The van der Waals surface area contributed by atoms with E-state index in [1.165, 1.54) is 12.6 Å². The number of benzene rings is 2. The molecular formula is C19H15N3O2. The molecule has 0 saturated heterocycles. The lowest BCUT2D eigenvalue weighted by atomic mass is 10.1. The largest absolute Gasteiger partial charge is 0.465 e. The number of rotatable bonds is 5. The quantitative estimate of drug-likeness (QED) is 0.724. The summed E-state index contributed by atoms with van der Waals surface area (Å²) in [6.07, 6.45) is 2.76. The third-order valence-corrected chi connectivity index (χ3v) is 3.32. The van der Waals surface area contributed by atoms with Crippen LogP contribution in [0.25, 0.3) is 11.3 Å². The fourth-order valence-electron chi connectivity index (χ4n) is 2.22. The Kier molecular flexibility index (Phi) is 4.62. The molecule has 1 aromatic heterocycles. The average Bonchev–Trinajstić information content (AvgIpc) is 2.63. The van der Waals surface area contributed by atoms with Crippen molar-refractivity contribution in [3.05, 3.63) is 85.4 Å². The Balaban J connectivity index is 1.87. The SMILES string of the molecule is C=COc1ccccc1-c1cc(NC(=O)c2ccccc2)ncn1. The number of hydrogen-bond donors (Lipinski definition) is 1. The lowest BCUT2D eigenvalue weighted by Crippen LogP contribution is -2.13. The van der Waals surface area contributed by atoms with Crippen LogP contribution in [0.1, 0.15) is 10.4 Å². The van der Waals surface area contributed by atoms with Crippen LogP contribution < -0.4 is 10.1 Å². The molecule has 1 N–H and O–H groups in total. The first kappa shape index (κ1) is 15.4. The number of anilines is 1. The van der Waals surface area contributed by atoms with Gasteiger partial charge in [0.15, 0.2) is 0 Å². The standard InChI is InChI=1S/C19H15N3O2/c1-2-24-17-11-7-6-10-15(17)16-12-18(21-13-20-16)22-19(23)14-8-4-3-5-9-14/h2-13H,1H2,(H,20,21,22,23). The molecule has 1 amide bonds. The summed E-state index contributed by atoms with van der Waals surface area (Å²) in [5.74, 6) is 0.824. The summed E-state index contributed by atoms with van der Waals surface area (Å²) >= 11 is 0. The van der Waals surface area contributed by atoms with E-state index in [4.69, 9.17) is 4.74 Å². The van der Waals surface area contributed by atoms with Crippen LogP contribution in [0.3, 0.4) is 0 Å². The van der Waals surface area contributed by atoms with E-state index in [-0.39, 0.29) is 5.91 Å². The Morgan fingerprint density at radius 3 is 2.58 bits per heavy atom. The fourth-order valence-corrected chi connectivity index (χ4v) is 2.22. The topological polar surface area (TPSA) is 64.1 Å². The highest BCUT2D eigenvalue weighted by Crippen LogP contribution is 2.29. The zero-order valence-corrected chi connectivity index (χ0v) is 12.8. The Hall–Kier alpha value is -3.47. The number of nitrogens with one attached hydrogen (secondary N) is 1. The van der Waals surface area contributed by atoms with Gasteiger partial charge in [0.05, 0.1) is 12.0 Å². The predicted octanol–water partition coefficient (Wildman–Crippen LogP) is 3.92. The number of nitrogens with zero attached hydrogens (tertiary/aromatic N) is 2. The normalized spacial score (nSPS) is 10.0. The molecule has 0 atom stereocenters. The summed E-state index contributed by atoms with van der Waals surface area (Å²) in [5.41, 5.74) is 1.99. The van der Waals surface area contributed by atoms with Gasteiger partial charge in [-0.3, -0.25) is 4.79 Å². The van der Waals surface area contributed by atoms with Crippen molar-refractivity contribution in [2.75, 3.05) is 5.32 Å². The maximum atomic E-state index is 12.2.